The zero-order valence-electron chi connectivity index (χ0n) is 14.5. The summed E-state index contributed by atoms with van der Waals surface area (Å²) < 4.78 is 5.48. The van der Waals surface area contributed by atoms with Gasteiger partial charge in [-0.05, 0) is 37.8 Å². The maximum absolute atomic E-state index is 12.2. The van der Waals surface area contributed by atoms with Gasteiger partial charge in [0.15, 0.2) is 6.61 Å². The molecule has 1 aliphatic heterocycles. The van der Waals surface area contributed by atoms with Gasteiger partial charge in [-0.25, -0.2) is 0 Å². The van der Waals surface area contributed by atoms with Gasteiger partial charge in [-0.2, -0.15) is 0 Å². The van der Waals surface area contributed by atoms with E-state index in [9.17, 15) is 14.4 Å². The van der Waals surface area contributed by atoms with Gasteiger partial charge >= 0.3 is 11.8 Å². The summed E-state index contributed by atoms with van der Waals surface area (Å²) in [6.07, 6.45) is 1.60. The molecular formula is C18H25N3O4. The Morgan fingerprint density at radius 1 is 1.08 bits per heavy atom. The second-order valence-electron chi connectivity index (χ2n) is 6.00. The Balaban J connectivity index is 1.66. The molecule has 0 aliphatic carbocycles. The van der Waals surface area contributed by atoms with Crippen molar-refractivity contribution >= 4 is 17.7 Å². The van der Waals surface area contributed by atoms with E-state index in [2.05, 4.69) is 10.6 Å². The third-order valence-electron chi connectivity index (χ3n) is 4.17. The van der Waals surface area contributed by atoms with Gasteiger partial charge in [0.2, 0.25) is 0 Å². The van der Waals surface area contributed by atoms with Gasteiger partial charge in [0.1, 0.15) is 5.75 Å². The molecule has 25 heavy (non-hydrogen) atoms. The van der Waals surface area contributed by atoms with E-state index < -0.39 is 11.8 Å². The van der Waals surface area contributed by atoms with E-state index in [1.807, 2.05) is 30.3 Å². The first-order chi connectivity index (χ1) is 12.1. The van der Waals surface area contributed by atoms with Crippen LogP contribution in [0.15, 0.2) is 30.3 Å². The van der Waals surface area contributed by atoms with E-state index in [-0.39, 0.29) is 18.4 Å². The normalized spacial score (nSPS) is 14.7. The summed E-state index contributed by atoms with van der Waals surface area (Å²) in [5.74, 6) is -0.283. The lowest BCUT2D eigenvalue weighted by Crippen LogP contribution is -2.45. The first-order valence-electron chi connectivity index (χ1n) is 8.61. The van der Waals surface area contributed by atoms with Crippen molar-refractivity contribution in [1.82, 2.24) is 15.5 Å². The SMILES string of the molecule is CCNC(=O)C(=O)NCC1CCN(C(=O)COc2ccccc2)CC1. The molecule has 1 saturated heterocycles. The van der Waals surface area contributed by atoms with Crippen LogP contribution in [0.2, 0.25) is 0 Å². The number of ether oxygens (including phenoxy) is 1. The predicted octanol–water partition coefficient (Wildman–Crippen LogP) is 0.556. The number of carbonyl (C=O) groups is 3. The van der Waals surface area contributed by atoms with Crippen molar-refractivity contribution in [2.24, 2.45) is 5.92 Å². The number of rotatable bonds is 6. The molecule has 1 fully saturated rings. The average Bonchev–Trinajstić information content (AvgIpc) is 2.65. The van der Waals surface area contributed by atoms with E-state index in [0.29, 0.717) is 31.9 Å². The van der Waals surface area contributed by atoms with Crippen LogP contribution in [-0.4, -0.2) is 55.4 Å². The molecule has 1 aliphatic rings. The average molecular weight is 347 g/mol. The van der Waals surface area contributed by atoms with Gasteiger partial charge in [-0.15, -0.1) is 0 Å². The topological polar surface area (TPSA) is 87.7 Å². The number of hydrogen-bond acceptors (Lipinski definition) is 4. The third kappa shape index (κ3) is 6.10. The Hall–Kier alpha value is -2.57. The van der Waals surface area contributed by atoms with Crippen LogP contribution >= 0.6 is 0 Å². The molecule has 1 aromatic rings. The van der Waals surface area contributed by atoms with Crippen LogP contribution in [0, 0.1) is 5.92 Å². The van der Waals surface area contributed by atoms with E-state index in [0.717, 1.165) is 12.8 Å². The Morgan fingerprint density at radius 3 is 2.36 bits per heavy atom. The highest BCUT2D eigenvalue weighted by atomic mass is 16.5. The summed E-state index contributed by atoms with van der Waals surface area (Å²) >= 11 is 0. The fraction of sp³-hybridized carbons (Fsp3) is 0.500. The number of amides is 3. The minimum atomic E-state index is -0.604. The number of hydrogen-bond donors (Lipinski definition) is 2. The molecule has 7 heteroatoms. The maximum atomic E-state index is 12.2. The summed E-state index contributed by atoms with van der Waals surface area (Å²) in [5, 5.41) is 5.11. The van der Waals surface area contributed by atoms with Crippen LogP contribution in [0.1, 0.15) is 19.8 Å². The number of likely N-dealkylation sites (N-methyl/N-ethyl adjacent to an activating group) is 1. The zero-order chi connectivity index (χ0) is 18.1. The molecule has 1 aromatic carbocycles. The highest BCUT2D eigenvalue weighted by Crippen LogP contribution is 2.17. The highest BCUT2D eigenvalue weighted by Gasteiger charge is 2.24. The van der Waals surface area contributed by atoms with E-state index in [1.54, 1.807) is 11.8 Å². The van der Waals surface area contributed by atoms with Crippen molar-refractivity contribution in [3.05, 3.63) is 30.3 Å². The lowest BCUT2D eigenvalue weighted by Gasteiger charge is -2.32. The number of likely N-dealkylation sites (tertiary alicyclic amines) is 1. The van der Waals surface area contributed by atoms with Crippen molar-refractivity contribution in [3.8, 4) is 5.75 Å². The molecule has 0 atom stereocenters. The molecule has 0 saturated carbocycles. The number of carbonyl (C=O) groups excluding carboxylic acids is 3. The van der Waals surface area contributed by atoms with Crippen molar-refractivity contribution in [2.45, 2.75) is 19.8 Å². The van der Waals surface area contributed by atoms with Crippen LogP contribution in [-0.2, 0) is 14.4 Å². The molecule has 3 amide bonds. The van der Waals surface area contributed by atoms with Crippen LogP contribution in [0.5, 0.6) is 5.75 Å². The van der Waals surface area contributed by atoms with E-state index in [4.69, 9.17) is 4.74 Å². The van der Waals surface area contributed by atoms with E-state index in [1.165, 1.54) is 0 Å². The maximum Gasteiger partial charge on any atom is 0.309 e. The van der Waals surface area contributed by atoms with Gasteiger partial charge < -0.3 is 20.3 Å². The quantitative estimate of drug-likeness (QED) is 0.736. The predicted molar refractivity (Wildman–Crippen MR) is 92.9 cm³/mol. The standard InChI is InChI=1S/C18H25N3O4/c1-2-19-17(23)18(24)20-12-14-8-10-21(11-9-14)16(22)13-25-15-6-4-3-5-7-15/h3-7,14H,2,8-13H2,1H3,(H,19,23)(H,20,24). The monoisotopic (exact) mass is 347 g/mol. The molecule has 2 N–H and O–H groups in total. The fourth-order valence-electron chi connectivity index (χ4n) is 2.70. The minimum absolute atomic E-state index is 0.0304. The van der Waals surface area contributed by atoms with Gasteiger partial charge in [-0.1, -0.05) is 18.2 Å². The molecular weight excluding hydrogens is 322 g/mol. The van der Waals surface area contributed by atoms with Crippen molar-refractivity contribution in [3.63, 3.8) is 0 Å². The minimum Gasteiger partial charge on any atom is -0.484 e. The largest absolute Gasteiger partial charge is 0.484 e. The van der Waals surface area contributed by atoms with Crippen LogP contribution in [0.4, 0.5) is 0 Å². The molecule has 0 spiro atoms. The van der Waals surface area contributed by atoms with Crippen molar-refractivity contribution < 1.29 is 19.1 Å². The second kappa shape index (κ2) is 9.66. The molecule has 0 aromatic heterocycles. The first-order valence-corrected chi connectivity index (χ1v) is 8.61. The Morgan fingerprint density at radius 2 is 1.72 bits per heavy atom. The lowest BCUT2D eigenvalue weighted by molar-refractivity contribution is -0.139. The summed E-state index contributed by atoms with van der Waals surface area (Å²) in [6, 6.07) is 9.25. The van der Waals surface area contributed by atoms with Crippen molar-refractivity contribution in [2.75, 3.05) is 32.8 Å². The Labute approximate surface area is 147 Å². The summed E-state index contributed by atoms with van der Waals surface area (Å²) in [4.78, 5) is 36.9. The molecule has 0 radical (unpaired) electrons. The number of nitrogens with zero attached hydrogens (tertiary/aromatic N) is 1. The number of para-hydroxylation sites is 1. The molecule has 7 nitrogen and oxygen atoms in total. The number of piperidine rings is 1. The zero-order valence-corrected chi connectivity index (χ0v) is 14.5. The highest BCUT2D eigenvalue weighted by molar-refractivity contribution is 6.35. The molecule has 136 valence electrons. The summed E-state index contributed by atoms with van der Waals surface area (Å²) in [5.41, 5.74) is 0. The van der Waals surface area contributed by atoms with Gasteiger partial charge in [-0.3, -0.25) is 14.4 Å². The molecule has 0 unspecified atom stereocenters. The molecule has 1 heterocycles. The molecule has 2 rings (SSSR count). The summed E-state index contributed by atoms with van der Waals surface area (Å²) in [7, 11) is 0. The van der Waals surface area contributed by atoms with E-state index >= 15 is 0 Å². The molecule has 0 bridgehead atoms. The lowest BCUT2D eigenvalue weighted by atomic mass is 9.97. The smallest absolute Gasteiger partial charge is 0.309 e. The summed E-state index contributed by atoms with van der Waals surface area (Å²) in [6.45, 7) is 3.95. The van der Waals surface area contributed by atoms with Gasteiger partial charge in [0.25, 0.3) is 5.91 Å². The van der Waals surface area contributed by atoms with Crippen LogP contribution < -0.4 is 15.4 Å². The van der Waals surface area contributed by atoms with Crippen molar-refractivity contribution in [1.29, 1.82) is 0 Å². The van der Waals surface area contributed by atoms with Crippen LogP contribution in [0.3, 0.4) is 0 Å². The Kier molecular flexibility index (Phi) is 7.25. The second-order valence-corrected chi connectivity index (χ2v) is 6.00. The fourth-order valence-corrected chi connectivity index (χ4v) is 2.70. The third-order valence-corrected chi connectivity index (χ3v) is 4.17. The Bertz CT molecular complexity index is 583. The van der Waals surface area contributed by atoms with Gasteiger partial charge in [0.05, 0.1) is 0 Å². The number of nitrogens with one attached hydrogen (secondary N) is 2. The van der Waals surface area contributed by atoms with Gasteiger partial charge in [0, 0.05) is 26.2 Å². The van der Waals surface area contributed by atoms with Crippen LogP contribution in [0.25, 0.3) is 0 Å². The number of benzene rings is 1. The first kappa shape index (κ1) is 18.8.